The lowest BCUT2D eigenvalue weighted by molar-refractivity contribution is 0.0696. The molecule has 0 aliphatic rings. The van der Waals surface area contributed by atoms with E-state index in [9.17, 15) is 9.59 Å². The maximum absolute atomic E-state index is 12.4. The van der Waals surface area contributed by atoms with E-state index in [1.54, 1.807) is 30.5 Å². The van der Waals surface area contributed by atoms with Gasteiger partial charge in [-0.25, -0.2) is 14.8 Å². The second-order valence-electron chi connectivity index (χ2n) is 5.07. The molecule has 25 heavy (non-hydrogen) atoms. The first kappa shape index (κ1) is 16.1. The normalized spacial score (nSPS) is 10.2. The molecule has 0 saturated carbocycles. The number of hydrogen-bond acceptors (Lipinski definition) is 6. The van der Waals surface area contributed by atoms with Crippen LogP contribution < -0.4 is 11.1 Å². The average molecular weight is 335 g/mol. The van der Waals surface area contributed by atoms with E-state index in [2.05, 4.69) is 20.3 Å². The fourth-order valence-corrected chi connectivity index (χ4v) is 2.12. The third kappa shape index (κ3) is 3.58. The van der Waals surface area contributed by atoms with E-state index in [4.69, 9.17) is 10.8 Å². The van der Waals surface area contributed by atoms with Gasteiger partial charge >= 0.3 is 5.97 Å². The summed E-state index contributed by atoms with van der Waals surface area (Å²) in [6.45, 7) is 0. The molecule has 8 nitrogen and oxygen atoms in total. The minimum atomic E-state index is -1.02. The molecular weight excluding hydrogens is 322 g/mol. The summed E-state index contributed by atoms with van der Waals surface area (Å²) in [5, 5.41) is 11.6. The highest BCUT2D eigenvalue weighted by molar-refractivity contribution is 6.05. The van der Waals surface area contributed by atoms with Gasteiger partial charge < -0.3 is 16.2 Å². The number of aromatic carboxylic acids is 1. The van der Waals surface area contributed by atoms with Gasteiger partial charge in [0.05, 0.1) is 29.3 Å². The SMILES string of the molecule is Nc1ncc(-c2ccc(C(=O)O)cc2)nc1C(=O)Nc1cccnc1. The number of nitrogens with one attached hydrogen (secondary N) is 1. The molecule has 3 aromatic rings. The van der Waals surface area contributed by atoms with Gasteiger partial charge in [0, 0.05) is 11.8 Å². The van der Waals surface area contributed by atoms with Crippen molar-refractivity contribution in [2.45, 2.75) is 0 Å². The molecule has 0 bridgehead atoms. The molecule has 124 valence electrons. The highest BCUT2D eigenvalue weighted by atomic mass is 16.4. The number of carbonyl (C=O) groups is 2. The van der Waals surface area contributed by atoms with Gasteiger partial charge in [0.1, 0.15) is 0 Å². The highest BCUT2D eigenvalue weighted by Crippen LogP contribution is 2.20. The van der Waals surface area contributed by atoms with Crippen LogP contribution in [0.1, 0.15) is 20.8 Å². The second kappa shape index (κ2) is 6.75. The molecule has 3 rings (SSSR count). The van der Waals surface area contributed by atoms with Gasteiger partial charge in [-0.3, -0.25) is 9.78 Å². The van der Waals surface area contributed by atoms with E-state index in [1.165, 1.54) is 24.5 Å². The van der Waals surface area contributed by atoms with E-state index in [0.29, 0.717) is 16.9 Å². The molecule has 0 spiro atoms. The van der Waals surface area contributed by atoms with Gasteiger partial charge in [-0.15, -0.1) is 0 Å². The van der Waals surface area contributed by atoms with Crippen LogP contribution in [0, 0.1) is 0 Å². The van der Waals surface area contributed by atoms with E-state index in [1.807, 2.05) is 0 Å². The van der Waals surface area contributed by atoms with Crippen LogP contribution in [0.3, 0.4) is 0 Å². The summed E-state index contributed by atoms with van der Waals surface area (Å²) < 4.78 is 0. The molecule has 8 heteroatoms. The number of carboxylic acid groups (broad SMARTS) is 1. The van der Waals surface area contributed by atoms with Crippen LogP contribution in [0.15, 0.2) is 55.0 Å². The van der Waals surface area contributed by atoms with Crippen molar-refractivity contribution in [3.05, 3.63) is 66.2 Å². The Balaban J connectivity index is 1.90. The molecule has 2 heterocycles. The number of benzene rings is 1. The van der Waals surface area contributed by atoms with Crippen molar-refractivity contribution in [3.8, 4) is 11.3 Å². The zero-order chi connectivity index (χ0) is 17.8. The molecule has 2 aromatic heterocycles. The van der Waals surface area contributed by atoms with Crippen molar-refractivity contribution in [2.24, 2.45) is 0 Å². The van der Waals surface area contributed by atoms with Crippen molar-refractivity contribution in [1.29, 1.82) is 0 Å². The molecule has 1 amide bonds. The maximum atomic E-state index is 12.4. The Labute approximate surface area is 142 Å². The Morgan fingerprint density at radius 1 is 1.08 bits per heavy atom. The van der Waals surface area contributed by atoms with Gasteiger partial charge in [0.2, 0.25) is 0 Å². The number of anilines is 2. The number of nitrogens with zero attached hydrogens (tertiary/aromatic N) is 3. The average Bonchev–Trinajstić information content (AvgIpc) is 2.63. The van der Waals surface area contributed by atoms with Crippen LogP contribution >= 0.6 is 0 Å². The number of pyridine rings is 1. The van der Waals surface area contributed by atoms with Crippen molar-refractivity contribution in [2.75, 3.05) is 11.1 Å². The molecule has 0 aliphatic heterocycles. The van der Waals surface area contributed by atoms with Gasteiger partial charge in [-0.2, -0.15) is 0 Å². The molecular formula is C17H13N5O3. The van der Waals surface area contributed by atoms with Crippen molar-refractivity contribution in [3.63, 3.8) is 0 Å². The maximum Gasteiger partial charge on any atom is 0.335 e. The zero-order valence-corrected chi connectivity index (χ0v) is 12.9. The van der Waals surface area contributed by atoms with Crippen LogP contribution in [0.2, 0.25) is 0 Å². The number of hydrogen-bond donors (Lipinski definition) is 3. The zero-order valence-electron chi connectivity index (χ0n) is 12.9. The summed E-state index contributed by atoms with van der Waals surface area (Å²) in [5.74, 6) is -1.54. The topological polar surface area (TPSA) is 131 Å². The van der Waals surface area contributed by atoms with Gasteiger partial charge in [0.25, 0.3) is 5.91 Å². The van der Waals surface area contributed by atoms with Gasteiger partial charge in [0.15, 0.2) is 11.5 Å². The van der Waals surface area contributed by atoms with Crippen molar-refractivity contribution < 1.29 is 14.7 Å². The molecule has 0 unspecified atom stereocenters. The van der Waals surface area contributed by atoms with Crippen LogP contribution in [-0.2, 0) is 0 Å². The van der Waals surface area contributed by atoms with Crippen LogP contribution in [0.25, 0.3) is 11.3 Å². The summed E-state index contributed by atoms with van der Waals surface area (Å²) in [6, 6.07) is 9.45. The molecule has 0 fully saturated rings. The summed E-state index contributed by atoms with van der Waals surface area (Å²) in [4.78, 5) is 35.4. The first-order chi connectivity index (χ1) is 12.0. The Morgan fingerprint density at radius 3 is 2.48 bits per heavy atom. The number of carboxylic acids is 1. The van der Waals surface area contributed by atoms with Crippen molar-refractivity contribution >= 4 is 23.4 Å². The Hall–Kier alpha value is -3.81. The molecule has 0 saturated heterocycles. The van der Waals surface area contributed by atoms with Crippen LogP contribution in [0.4, 0.5) is 11.5 Å². The minimum Gasteiger partial charge on any atom is -0.478 e. The Bertz CT molecular complexity index is 927. The predicted molar refractivity (Wildman–Crippen MR) is 91.0 cm³/mol. The monoisotopic (exact) mass is 335 g/mol. The fourth-order valence-electron chi connectivity index (χ4n) is 2.12. The molecule has 0 radical (unpaired) electrons. The standard InChI is InChI=1S/C17H13N5O3/c18-15-14(16(23)21-12-2-1-7-19-8-12)22-13(9-20-15)10-3-5-11(6-4-10)17(24)25/h1-9H,(H2,18,20)(H,21,23)(H,24,25). The molecule has 1 aromatic carbocycles. The number of amides is 1. The molecule has 4 N–H and O–H groups in total. The lowest BCUT2D eigenvalue weighted by Crippen LogP contribution is -2.17. The minimum absolute atomic E-state index is 0.00713. The third-order valence-electron chi connectivity index (χ3n) is 3.36. The molecule has 0 atom stereocenters. The second-order valence-corrected chi connectivity index (χ2v) is 5.07. The summed E-state index contributed by atoms with van der Waals surface area (Å²) in [7, 11) is 0. The lowest BCUT2D eigenvalue weighted by Gasteiger charge is -2.08. The third-order valence-corrected chi connectivity index (χ3v) is 3.36. The van der Waals surface area contributed by atoms with E-state index >= 15 is 0 Å². The number of aromatic nitrogens is 3. The predicted octanol–water partition coefficient (Wildman–Crippen LogP) is 2.07. The number of carbonyl (C=O) groups excluding carboxylic acids is 1. The number of nitrogen functional groups attached to an aromatic ring is 1. The van der Waals surface area contributed by atoms with Crippen molar-refractivity contribution in [1.82, 2.24) is 15.0 Å². The largest absolute Gasteiger partial charge is 0.478 e. The number of nitrogens with two attached hydrogens (primary N) is 1. The molecule has 0 aliphatic carbocycles. The fraction of sp³-hybridized carbons (Fsp3) is 0. The first-order valence-corrected chi connectivity index (χ1v) is 7.22. The smallest absolute Gasteiger partial charge is 0.335 e. The lowest BCUT2D eigenvalue weighted by atomic mass is 10.1. The van der Waals surface area contributed by atoms with Crippen LogP contribution in [0.5, 0.6) is 0 Å². The summed E-state index contributed by atoms with van der Waals surface area (Å²) in [6.07, 6.45) is 4.51. The Morgan fingerprint density at radius 2 is 1.84 bits per heavy atom. The first-order valence-electron chi connectivity index (χ1n) is 7.22. The number of rotatable bonds is 4. The van der Waals surface area contributed by atoms with Gasteiger partial charge in [-0.1, -0.05) is 12.1 Å². The summed E-state index contributed by atoms with van der Waals surface area (Å²) in [5.41, 5.74) is 7.42. The highest BCUT2D eigenvalue weighted by Gasteiger charge is 2.15. The van der Waals surface area contributed by atoms with E-state index in [-0.39, 0.29) is 17.1 Å². The van der Waals surface area contributed by atoms with E-state index in [0.717, 1.165) is 0 Å². The summed E-state index contributed by atoms with van der Waals surface area (Å²) >= 11 is 0. The van der Waals surface area contributed by atoms with E-state index < -0.39 is 11.9 Å². The quantitative estimate of drug-likeness (QED) is 0.665. The van der Waals surface area contributed by atoms with Crippen LogP contribution in [-0.4, -0.2) is 31.9 Å². The van der Waals surface area contributed by atoms with Gasteiger partial charge in [-0.05, 0) is 24.3 Å². The Kier molecular flexibility index (Phi) is 4.34.